The predicted molar refractivity (Wildman–Crippen MR) is 71.6 cm³/mol. The molecule has 0 amide bonds. The van der Waals surface area contributed by atoms with E-state index in [0.717, 1.165) is 25.2 Å². The first-order chi connectivity index (χ1) is 8.08. The molecule has 5 heteroatoms. The molecule has 0 spiro atoms. The molecule has 0 aromatic carbocycles. The number of nitrogens with zero attached hydrogens (tertiary/aromatic N) is 2. The van der Waals surface area contributed by atoms with E-state index in [1.165, 1.54) is 0 Å². The largest absolute Gasteiger partial charge is 0.314 e. The van der Waals surface area contributed by atoms with E-state index in [-0.39, 0.29) is 0 Å². The minimum atomic E-state index is 0.445. The third-order valence-corrected chi connectivity index (χ3v) is 3.82. The van der Waals surface area contributed by atoms with Crippen molar-refractivity contribution in [2.24, 2.45) is 0 Å². The zero-order valence-corrected chi connectivity index (χ0v) is 11.6. The SMILES string of the molecule is CC1CNCC(C)N1Cc1cnc(Cl)cc1Cl. The molecule has 1 fully saturated rings. The van der Waals surface area contributed by atoms with E-state index in [1.54, 1.807) is 12.3 Å². The van der Waals surface area contributed by atoms with Crippen molar-refractivity contribution in [2.45, 2.75) is 32.5 Å². The standard InChI is InChI=1S/C12H17Cl2N3/c1-8-4-15-5-9(2)17(8)7-10-6-16-12(14)3-11(10)13/h3,6,8-9,15H,4-5,7H2,1-2H3. The highest BCUT2D eigenvalue weighted by Crippen LogP contribution is 2.22. The Hall–Kier alpha value is -0.350. The van der Waals surface area contributed by atoms with Gasteiger partial charge in [0, 0.05) is 48.5 Å². The number of piperazine rings is 1. The predicted octanol–water partition coefficient (Wildman–Crippen LogP) is 2.57. The van der Waals surface area contributed by atoms with Crippen LogP contribution in [-0.4, -0.2) is 35.1 Å². The summed E-state index contributed by atoms with van der Waals surface area (Å²) in [5.41, 5.74) is 1.04. The van der Waals surface area contributed by atoms with E-state index in [9.17, 15) is 0 Å². The van der Waals surface area contributed by atoms with Gasteiger partial charge in [-0.3, -0.25) is 4.90 Å². The van der Waals surface area contributed by atoms with Crippen LogP contribution in [0.2, 0.25) is 10.2 Å². The zero-order valence-electron chi connectivity index (χ0n) is 10.1. The van der Waals surface area contributed by atoms with E-state index in [4.69, 9.17) is 23.2 Å². The van der Waals surface area contributed by atoms with Crippen LogP contribution >= 0.6 is 23.2 Å². The summed E-state index contributed by atoms with van der Waals surface area (Å²) in [5, 5.41) is 4.55. The molecule has 1 aromatic heterocycles. The average Bonchev–Trinajstić information content (AvgIpc) is 2.26. The second-order valence-electron chi connectivity index (χ2n) is 4.63. The molecule has 0 saturated carbocycles. The van der Waals surface area contributed by atoms with Gasteiger partial charge in [-0.2, -0.15) is 0 Å². The lowest BCUT2D eigenvalue weighted by molar-refractivity contribution is 0.108. The quantitative estimate of drug-likeness (QED) is 0.840. The van der Waals surface area contributed by atoms with Crippen LogP contribution in [0.25, 0.3) is 0 Å². The van der Waals surface area contributed by atoms with Gasteiger partial charge in [-0.15, -0.1) is 0 Å². The maximum absolute atomic E-state index is 6.18. The maximum atomic E-state index is 6.18. The second-order valence-corrected chi connectivity index (χ2v) is 5.42. The van der Waals surface area contributed by atoms with Crippen molar-refractivity contribution in [3.8, 4) is 0 Å². The van der Waals surface area contributed by atoms with Crippen LogP contribution in [-0.2, 0) is 6.54 Å². The Labute approximate surface area is 112 Å². The number of halogens is 2. The lowest BCUT2D eigenvalue weighted by Crippen LogP contribution is -2.54. The lowest BCUT2D eigenvalue weighted by atomic mass is 10.1. The van der Waals surface area contributed by atoms with Crippen molar-refractivity contribution in [3.05, 3.63) is 28.0 Å². The summed E-state index contributed by atoms with van der Waals surface area (Å²) in [6, 6.07) is 2.71. The molecule has 1 N–H and O–H groups in total. The maximum Gasteiger partial charge on any atom is 0.130 e. The van der Waals surface area contributed by atoms with Gasteiger partial charge in [0.1, 0.15) is 5.15 Å². The van der Waals surface area contributed by atoms with E-state index >= 15 is 0 Å². The van der Waals surface area contributed by atoms with Gasteiger partial charge in [0.25, 0.3) is 0 Å². The third-order valence-electron chi connectivity index (χ3n) is 3.26. The van der Waals surface area contributed by atoms with Crippen LogP contribution in [0.1, 0.15) is 19.4 Å². The highest BCUT2D eigenvalue weighted by molar-refractivity contribution is 6.34. The summed E-state index contributed by atoms with van der Waals surface area (Å²) in [4.78, 5) is 6.53. The van der Waals surface area contributed by atoms with Crippen LogP contribution in [0.3, 0.4) is 0 Å². The molecule has 2 unspecified atom stereocenters. The molecule has 17 heavy (non-hydrogen) atoms. The van der Waals surface area contributed by atoms with Gasteiger partial charge in [-0.25, -0.2) is 4.98 Å². The Bertz CT molecular complexity index is 387. The molecule has 2 atom stereocenters. The fourth-order valence-corrected chi connectivity index (χ4v) is 2.66. The Morgan fingerprint density at radius 2 is 2.00 bits per heavy atom. The first-order valence-corrected chi connectivity index (χ1v) is 6.60. The van der Waals surface area contributed by atoms with E-state index in [0.29, 0.717) is 22.3 Å². The number of pyridine rings is 1. The van der Waals surface area contributed by atoms with Gasteiger partial charge in [0.2, 0.25) is 0 Å². The number of nitrogens with one attached hydrogen (secondary N) is 1. The van der Waals surface area contributed by atoms with Crippen molar-refractivity contribution in [1.82, 2.24) is 15.2 Å². The summed E-state index contributed by atoms with van der Waals surface area (Å²) in [6.07, 6.45) is 1.77. The highest BCUT2D eigenvalue weighted by Gasteiger charge is 2.24. The minimum Gasteiger partial charge on any atom is -0.314 e. The summed E-state index contributed by atoms with van der Waals surface area (Å²) >= 11 is 12.0. The van der Waals surface area contributed by atoms with Crippen LogP contribution in [0, 0.1) is 0 Å². The van der Waals surface area contributed by atoms with Gasteiger partial charge in [0.05, 0.1) is 0 Å². The Morgan fingerprint density at radius 1 is 1.35 bits per heavy atom. The first-order valence-electron chi connectivity index (χ1n) is 5.84. The zero-order chi connectivity index (χ0) is 12.4. The molecule has 2 rings (SSSR count). The monoisotopic (exact) mass is 273 g/mol. The fourth-order valence-electron chi connectivity index (χ4n) is 2.23. The molecule has 94 valence electrons. The van der Waals surface area contributed by atoms with Gasteiger partial charge < -0.3 is 5.32 Å². The van der Waals surface area contributed by atoms with E-state index < -0.39 is 0 Å². The lowest BCUT2D eigenvalue weighted by Gasteiger charge is -2.39. The van der Waals surface area contributed by atoms with Crippen LogP contribution < -0.4 is 5.32 Å². The van der Waals surface area contributed by atoms with Gasteiger partial charge in [0.15, 0.2) is 0 Å². The molecule has 1 aromatic rings. The molecular formula is C12H17Cl2N3. The summed E-state index contributed by atoms with van der Waals surface area (Å²) in [7, 11) is 0. The average molecular weight is 274 g/mol. The number of aromatic nitrogens is 1. The molecule has 0 radical (unpaired) electrons. The van der Waals surface area contributed by atoms with Gasteiger partial charge in [-0.05, 0) is 19.9 Å². The highest BCUT2D eigenvalue weighted by atomic mass is 35.5. The minimum absolute atomic E-state index is 0.445. The van der Waals surface area contributed by atoms with Crippen molar-refractivity contribution in [3.63, 3.8) is 0 Å². The topological polar surface area (TPSA) is 28.2 Å². The molecule has 3 nitrogen and oxygen atoms in total. The molecule has 0 bridgehead atoms. The molecule has 1 aliphatic rings. The number of rotatable bonds is 2. The van der Waals surface area contributed by atoms with E-state index in [1.807, 2.05) is 0 Å². The summed E-state index contributed by atoms with van der Waals surface area (Å²) in [6.45, 7) is 7.30. The van der Waals surface area contributed by atoms with Crippen LogP contribution in [0.4, 0.5) is 0 Å². The van der Waals surface area contributed by atoms with Gasteiger partial charge >= 0.3 is 0 Å². The molecular weight excluding hydrogens is 257 g/mol. The molecule has 1 aliphatic heterocycles. The number of hydrogen-bond donors (Lipinski definition) is 1. The fraction of sp³-hybridized carbons (Fsp3) is 0.583. The van der Waals surface area contributed by atoms with Crippen LogP contribution in [0.5, 0.6) is 0 Å². The number of hydrogen-bond acceptors (Lipinski definition) is 3. The third kappa shape index (κ3) is 3.10. The second kappa shape index (κ2) is 5.53. The van der Waals surface area contributed by atoms with Crippen molar-refractivity contribution in [2.75, 3.05) is 13.1 Å². The van der Waals surface area contributed by atoms with Crippen LogP contribution in [0.15, 0.2) is 12.3 Å². The van der Waals surface area contributed by atoms with Crippen molar-refractivity contribution in [1.29, 1.82) is 0 Å². The Morgan fingerprint density at radius 3 is 2.59 bits per heavy atom. The van der Waals surface area contributed by atoms with Crippen molar-refractivity contribution >= 4 is 23.2 Å². The van der Waals surface area contributed by atoms with Crippen molar-refractivity contribution < 1.29 is 0 Å². The first kappa shape index (κ1) is 13.1. The molecule has 0 aliphatic carbocycles. The summed E-state index contributed by atoms with van der Waals surface area (Å²) in [5.74, 6) is 0. The smallest absolute Gasteiger partial charge is 0.130 e. The molecule has 1 saturated heterocycles. The summed E-state index contributed by atoms with van der Waals surface area (Å²) < 4.78 is 0. The normalized spacial score (nSPS) is 26.1. The van der Waals surface area contributed by atoms with E-state index in [2.05, 4.69) is 29.0 Å². The Kier molecular flexibility index (Phi) is 4.26. The Balaban J connectivity index is 2.13. The molecule has 2 heterocycles. The van der Waals surface area contributed by atoms with Gasteiger partial charge in [-0.1, -0.05) is 23.2 Å².